The fourth-order valence-corrected chi connectivity index (χ4v) is 4.83. The molecule has 0 saturated carbocycles. The minimum absolute atomic E-state index is 0.206. The van der Waals surface area contributed by atoms with Gasteiger partial charge in [-0.25, -0.2) is 13.2 Å². The molecule has 6 nitrogen and oxygen atoms in total. The molecule has 144 valence electrons. The molecule has 3 rings (SSSR count). The maximum Gasteiger partial charge on any atom is 0.321 e. The highest BCUT2D eigenvalue weighted by atomic mass is 32.2. The van der Waals surface area contributed by atoms with Crippen LogP contribution in [-0.4, -0.2) is 49.8 Å². The lowest BCUT2D eigenvalue weighted by molar-refractivity contribution is 0.184. The average molecular weight is 388 g/mol. The highest BCUT2D eigenvalue weighted by Crippen LogP contribution is 2.22. The van der Waals surface area contributed by atoms with Gasteiger partial charge in [-0.05, 0) is 44.5 Å². The zero-order valence-electron chi connectivity index (χ0n) is 15.9. The molecule has 0 aliphatic carbocycles. The van der Waals surface area contributed by atoms with Gasteiger partial charge in [0.15, 0.2) is 0 Å². The Balaban J connectivity index is 1.64. The number of carbonyl (C=O) groups is 1. The third kappa shape index (κ3) is 4.31. The second-order valence-corrected chi connectivity index (χ2v) is 8.86. The SMILES string of the molecule is Cc1ccc(NC(=O)N2CCN(S(=O)(=O)c3ccc(C)cc3C)CC2)cc1. The quantitative estimate of drug-likeness (QED) is 0.880. The Morgan fingerprint density at radius 3 is 2.07 bits per heavy atom. The Labute approximate surface area is 160 Å². The summed E-state index contributed by atoms with van der Waals surface area (Å²) in [6, 6.07) is 12.7. The molecule has 0 unspecified atom stereocenters. The van der Waals surface area contributed by atoms with Gasteiger partial charge in [0.25, 0.3) is 0 Å². The molecule has 1 fully saturated rings. The molecular formula is C20H25N3O3S. The summed E-state index contributed by atoms with van der Waals surface area (Å²) in [5.41, 5.74) is 3.63. The molecule has 1 N–H and O–H groups in total. The van der Waals surface area contributed by atoms with Gasteiger partial charge in [0.2, 0.25) is 10.0 Å². The van der Waals surface area contributed by atoms with Gasteiger partial charge in [0, 0.05) is 31.9 Å². The van der Waals surface area contributed by atoms with E-state index in [1.165, 1.54) is 4.31 Å². The first kappa shape index (κ1) is 19.4. The molecule has 0 radical (unpaired) electrons. The van der Waals surface area contributed by atoms with Crippen molar-refractivity contribution >= 4 is 21.7 Å². The Hall–Kier alpha value is -2.38. The van der Waals surface area contributed by atoms with E-state index in [1.54, 1.807) is 11.0 Å². The molecule has 2 aromatic rings. The first-order valence-corrected chi connectivity index (χ1v) is 10.4. The molecule has 1 aliphatic heterocycles. The van der Waals surface area contributed by atoms with Crippen molar-refractivity contribution in [2.75, 3.05) is 31.5 Å². The third-order valence-corrected chi connectivity index (χ3v) is 6.84. The lowest BCUT2D eigenvalue weighted by atomic mass is 10.2. The summed E-state index contributed by atoms with van der Waals surface area (Å²) >= 11 is 0. The number of sulfonamides is 1. The topological polar surface area (TPSA) is 69.7 Å². The third-order valence-electron chi connectivity index (χ3n) is 4.78. The normalized spacial score (nSPS) is 15.6. The highest BCUT2D eigenvalue weighted by Gasteiger charge is 2.31. The van der Waals surface area contributed by atoms with Crippen molar-refractivity contribution in [3.8, 4) is 0 Å². The van der Waals surface area contributed by atoms with Gasteiger partial charge in [-0.2, -0.15) is 4.31 Å². The summed E-state index contributed by atoms with van der Waals surface area (Å²) in [4.78, 5) is 14.4. The maximum atomic E-state index is 12.9. The van der Waals surface area contributed by atoms with Crippen molar-refractivity contribution in [1.82, 2.24) is 9.21 Å². The number of benzene rings is 2. The number of carbonyl (C=O) groups excluding carboxylic acids is 1. The standard InChI is InChI=1S/C20H25N3O3S/c1-15-4-7-18(8-5-15)21-20(24)22-10-12-23(13-11-22)27(25,26)19-9-6-16(2)14-17(19)3/h4-9,14H,10-13H2,1-3H3,(H,21,24). The van der Waals surface area contributed by atoms with Crippen LogP contribution < -0.4 is 5.32 Å². The van der Waals surface area contributed by atoms with Gasteiger partial charge in [0.05, 0.1) is 4.90 Å². The van der Waals surface area contributed by atoms with Crippen molar-refractivity contribution < 1.29 is 13.2 Å². The number of amides is 2. The zero-order valence-corrected chi connectivity index (χ0v) is 16.7. The number of hydrogen-bond donors (Lipinski definition) is 1. The smallest absolute Gasteiger partial charge is 0.321 e. The van der Waals surface area contributed by atoms with Gasteiger partial charge in [0.1, 0.15) is 0 Å². The van der Waals surface area contributed by atoms with Crippen LogP contribution in [0.5, 0.6) is 0 Å². The second kappa shape index (κ2) is 7.70. The highest BCUT2D eigenvalue weighted by molar-refractivity contribution is 7.89. The lowest BCUT2D eigenvalue weighted by Crippen LogP contribution is -2.51. The number of urea groups is 1. The number of nitrogens with zero attached hydrogens (tertiary/aromatic N) is 2. The minimum atomic E-state index is -3.55. The van der Waals surface area contributed by atoms with E-state index in [4.69, 9.17) is 0 Å². The Morgan fingerprint density at radius 2 is 1.48 bits per heavy atom. The van der Waals surface area contributed by atoms with E-state index in [0.29, 0.717) is 18.0 Å². The summed E-state index contributed by atoms with van der Waals surface area (Å²) in [5.74, 6) is 0. The number of nitrogens with one attached hydrogen (secondary N) is 1. The maximum absolute atomic E-state index is 12.9. The van der Waals surface area contributed by atoms with Crippen LogP contribution in [0.2, 0.25) is 0 Å². The van der Waals surface area contributed by atoms with Gasteiger partial charge in [-0.1, -0.05) is 35.4 Å². The molecule has 1 heterocycles. The second-order valence-electron chi connectivity index (χ2n) is 6.96. The van der Waals surface area contributed by atoms with Gasteiger partial charge >= 0.3 is 6.03 Å². The predicted molar refractivity (Wildman–Crippen MR) is 106 cm³/mol. The first-order valence-electron chi connectivity index (χ1n) is 8.97. The van der Waals surface area contributed by atoms with Crippen molar-refractivity contribution in [3.05, 3.63) is 59.2 Å². The van der Waals surface area contributed by atoms with Crippen molar-refractivity contribution in [1.29, 1.82) is 0 Å². The van der Waals surface area contributed by atoms with Crippen molar-refractivity contribution in [3.63, 3.8) is 0 Å². The summed E-state index contributed by atoms with van der Waals surface area (Å²) in [6.07, 6.45) is 0. The Bertz CT molecular complexity index is 931. The van der Waals surface area contributed by atoms with Crippen LogP contribution in [0, 0.1) is 20.8 Å². The van der Waals surface area contributed by atoms with Gasteiger partial charge in [-0.15, -0.1) is 0 Å². The molecule has 1 aliphatic rings. The van der Waals surface area contributed by atoms with Crippen molar-refractivity contribution in [2.24, 2.45) is 0 Å². The van der Waals surface area contributed by atoms with E-state index >= 15 is 0 Å². The zero-order chi connectivity index (χ0) is 19.6. The molecule has 0 atom stereocenters. The minimum Gasteiger partial charge on any atom is -0.322 e. The van der Waals surface area contributed by atoms with E-state index in [9.17, 15) is 13.2 Å². The number of aryl methyl sites for hydroxylation is 3. The number of hydrogen-bond acceptors (Lipinski definition) is 3. The fraction of sp³-hybridized carbons (Fsp3) is 0.350. The van der Waals surface area contributed by atoms with Crippen LogP contribution in [-0.2, 0) is 10.0 Å². The van der Waals surface area contributed by atoms with Crippen molar-refractivity contribution in [2.45, 2.75) is 25.7 Å². The van der Waals surface area contributed by atoms with E-state index in [-0.39, 0.29) is 19.1 Å². The van der Waals surface area contributed by atoms with Crippen LogP contribution in [0.4, 0.5) is 10.5 Å². The first-order chi connectivity index (χ1) is 12.8. The summed E-state index contributed by atoms with van der Waals surface area (Å²) in [6.45, 7) is 7.04. The van der Waals surface area contributed by atoms with E-state index in [2.05, 4.69) is 5.32 Å². The Morgan fingerprint density at radius 1 is 0.889 bits per heavy atom. The molecule has 27 heavy (non-hydrogen) atoms. The molecule has 1 saturated heterocycles. The Kier molecular flexibility index (Phi) is 5.53. The monoisotopic (exact) mass is 387 g/mol. The fourth-order valence-electron chi connectivity index (χ4n) is 3.20. The van der Waals surface area contributed by atoms with Gasteiger partial charge in [-0.3, -0.25) is 0 Å². The van der Waals surface area contributed by atoms with Gasteiger partial charge < -0.3 is 10.2 Å². The largest absolute Gasteiger partial charge is 0.322 e. The van der Waals surface area contributed by atoms with E-state index in [0.717, 1.165) is 22.4 Å². The van der Waals surface area contributed by atoms with E-state index < -0.39 is 10.0 Å². The predicted octanol–water partition coefficient (Wildman–Crippen LogP) is 3.15. The van der Waals surface area contributed by atoms with Crippen LogP contribution >= 0.6 is 0 Å². The van der Waals surface area contributed by atoms with Crippen LogP contribution in [0.25, 0.3) is 0 Å². The molecular weight excluding hydrogens is 362 g/mol. The molecule has 7 heteroatoms. The molecule has 2 amide bonds. The van der Waals surface area contributed by atoms with Crippen LogP contribution in [0.1, 0.15) is 16.7 Å². The summed E-state index contributed by atoms with van der Waals surface area (Å²) < 4.78 is 27.3. The van der Waals surface area contributed by atoms with Crippen LogP contribution in [0.15, 0.2) is 47.4 Å². The van der Waals surface area contributed by atoms with Crippen LogP contribution in [0.3, 0.4) is 0 Å². The summed E-state index contributed by atoms with van der Waals surface area (Å²) in [7, 11) is -3.55. The molecule has 0 aromatic heterocycles. The molecule has 0 spiro atoms. The number of anilines is 1. The molecule has 0 bridgehead atoms. The average Bonchev–Trinajstić information content (AvgIpc) is 2.63. The number of rotatable bonds is 3. The lowest BCUT2D eigenvalue weighted by Gasteiger charge is -2.34. The summed E-state index contributed by atoms with van der Waals surface area (Å²) in [5, 5.41) is 2.86. The number of piperazine rings is 1. The molecule has 2 aromatic carbocycles. The van der Waals surface area contributed by atoms with E-state index in [1.807, 2.05) is 57.2 Å².